The van der Waals surface area contributed by atoms with Crippen LogP contribution in [0.15, 0.2) is 29.3 Å². The fourth-order valence-electron chi connectivity index (χ4n) is 2.09. The lowest BCUT2D eigenvalue weighted by Crippen LogP contribution is -2.06. The van der Waals surface area contributed by atoms with Crippen LogP contribution in [-0.2, 0) is 16.0 Å². The zero-order valence-electron chi connectivity index (χ0n) is 11.3. The molecule has 0 aliphatic rings. The zero-order chi connectivity index (χ0) is 15.5. The standard InChI is InChI=1S/C14H14F3NO2S/c1-2-20-12(19)8-7-10-9-5-3-4-6-11(9)18-13(10)21-14(15,16)17/h3-6,18H,2,7-8H2,1H3. The number of aryl methyl sites for hydroxylation is 1. The first-order chi connectivity index (χ1) is 9.90. The molecule has 0 aliphatic heterocycles. The van der Waals surface area contributed by atoms with Gasteiger partial charge in [-0.2, -0.15) is 13.2 Å². The fourth-order valence-corrected chi connectivity index (χ4v) is 2.81. The summed E-state index contributed by atoms with van der Waals surface area (Å²) in [7, 11) is 0. The Labute approximate surface area is 123 Å². The number of halogens is 3. The first-order valence-electron chi connectivity index (χ1n) is 6.41. The van der Waals surface area contributed by atoms with Gasteiger partial charge >= 0.3 is 11.5 Å². The van der Waals surface area contributed by atoms with Gasteiger partial charge in [-0.15, -0.1) is 0 Å². The van der Waals surface area contributed by atoms with E-state index in [1.54, 1.807) is 31.2 Å². The van der Waals surface area contributed by atoms with Crippen molar-refractivity contribution in [1.29, 1.82) is 0 Å². The molecule has 0 fully saturated rings. The zero-order valence-corrected chi connectivity index (χ0v) is 12.1. The van der Waals surface area contributed by atoms with E-state index in [9.17, 15) is 18.0 Å². The van der Waals surface area contributed by atoms with E-state index in [-0.39, 0.29) is 36.2 Å². The van der Waals surface area contributed by atoms with Crippen LogP contribution in [0.5, 0.6) is 0 Å². The van der Waals surface area contributed by atoms with E-state index < -0.39 is 11.5 Å². The lowest BCUT2D eigenvalue weighted by atomic mass is 10.1. The number of carbonyl (C=O) groups excluding carboxylic acids is 1. The van der Waals surface area contributed by atoms with E-state index >= 15 is 0 Å². The average molecular weight is 317 g/mol. The van der Waals surface area contributed by atoms with Gasteiger partial charge in [0.1, 0.15) is 0 Å². The Morgan fingerprint density at radius 2 is 2.05 bits per heavy atom. The topological polar surface area (TPSA) is 42.1 Å². The van der Waals surface area contributed by atoms with Crippen molar-refractivity contribution in [3.8, 4) is 0 Å². The number of hydrogen-bond acceptors (Lipinski definition) is 3. The van der Waals surface area contributed by atoms with Crippen molar-refractivity contribution in [3.05, 3.63) is 29.8 Å². The number of esters is 1. The van der Waals surface area contributed by atoms with Crippen molar-refractivity contribution < 1.29 is 22.7 Å². The van der Waals surface area contributed by atoms with Gasteiger partial charge in [-0.1, -0.05) is 18.2 Å². The monoisotopic (exact) mass is 317 g/mol. The van der Waals surface area contributed by atoms with Crippen molar-refractivity contribution in [3.63, 3.8) is 0 Å². The number of benzene rings is 1. The van der Waals surface area contributed by atoms with Gasteiger partial charge in [0.05, 0.1) is 11.6 Å². The van der Waals surface area contributed by atoms with E-state index in [1.807, 2.05) is 0 Å². The van der Waals surface area contributed by atoms with Crippen LogP contribution in [-0.4, -0.2) is 23.1 Å². The third-order valence-corrected chi connectivity index (χ3v) is 3.66. The molecule has 0 saturated carbocycles. The molecule has 0 aliphatic carbocycles. The molecule has 21 heavy (non-hydrogen) atoms. The van der Waals surface area contributed by atoms with E-state index in [0.29, 0.717) is 16.5 Å². The summed E-state index contributed by atoms with van der Waals surface area (Å²) in [6.45, 7) is 1.95. The lowest BCUT2D eigenvalue weighted by molar-refractivity contribution is -0.143. The van der Waals surface area contributed by atoms with Crippen molar-refractivity contribution in [2.24, 2.45) is 0 Å². The largest absolute Gasteiger partial charge is 0.466 e. The molecule has 2 rings (SSSR count). The molecule has 1 N–H and O–H groups in total. The number of rotatable bonds is 5. The highest BCUT2D eigenvalue weighted by atomic mass is 32.2. The summed E-state index contributed by atoms with van der Waals surface area (Å²) in [6.07, 6.45) is 0.266. The number of carbonyl (C=O) groups is 1. The molecule has 0 unspecified atom stereocenters. The Hall–Kier alpha value is -1.63. The molecule has 0 saturated heterocycles. The Morgan fingerprint density at radius 3 is 2.71 bits per heavy atom. The van der Waals surface area contributed by atoms with Crippen molar-refractivity contribution in [1.82, 2.24) is 4.98 Å². The molecule has 1 aromatic heterocycles. The summed E-state index contributed by atoms with van der Waals surface area (Å²) < 4.78 is 42.7. The van der Waals surface area contributed by atoms with Crippen LogP contribution in [0.25, 0.3) is 10.9 Å². The summed E-state index contributed by atoms with van der Waals surface area (Å²) in [5, 5.41) is 0.738. The summed E-state index contributed by atoms with van der Waals surface area (Å²) in [5.74, 6) is -0.411. The van der Waals surface area contributed by atoms with Gasteiger partial charge in [0.25, 0.3) is 0 Å². The molecule has 114 valence electrons. The van der Waals surface area contributed by atoms with Gasteiger partial charge in [0.15, 0.2) is 0 Å². The van der Waals surface area contributed by atoms with Crippen molar-refractivity contribution in [2.75, 3.05) is 6.61 Å². The van der Waals surface area contributed by atoms with Crippen LogP contribution in [0, 0.1) is 0 Å². The Bertz CT molecular complexity index is 637. The molecule has 0 radical (unpaired) electrons. The molecule has 7 heteroatoms. The van der Waals surface area contributed by atoms with Crippen molar-refractivity contribution >= 4 is 28.6 Å². The first kappa shape index (κ1) is 15.8. The molecule has 0 amide bonds. The summed E-state index contributed by atoms with van der Waals surface area (Å²) >= 11 is -0.190. The number of H-pyrrole nitrogens is 1. The number of aromatic amines is 1. The van der Waals surface area contributed by atoms with Crippen LogP contribution in [0.4, 0.5) is 13.2 Å². The van der Waals surface area contributed by atoms with Gasteiger partial charge in [0, 0.05) is 29.1 Å². The highest BCUT2D eigenvalue weighted by Gasteiger charge is 2.32. The molecule has 1 heterocycles. The second-order valence-electron chi connectivity index (χ2n) is 4.33. The molecule has 3 nitrogen and oxygen atoms in total. The van der Waals surface area contributed by atoms with Crippen LogP contribution in [0.2, 0.25) is 0 Å². The maximum absolute atomic E-state index is 12.6. The Kier molecular flexibility index (Phi) is 4.82. The van der Waals surface area contributed by atoms with E-state index in [2.05, 4.69) is 4.98 Å². The maximum Gasteiger partial charge on any atom is 0.447 e. The molecule has 2 aromatic rings. The second kappa shape index (κ2) is 6.43. The number of para-hydroxylation sites is 1. The maximum atomic E-state index is 12.6. The molecular formula is C14H14F3NO2S. The smallest absolute Gasteiger partial charge is 0.447 e. The second-order valence-corrected chi connectivity index (χ2v) is 5.41. The van der Waals surface area contributed by atoms with Gasteiger partial charge in [0.2, 0.25) is 0 Å². The van der Waals surface area contributed by atoms with Gasteiger partial charge < -0.3 is 9.72 Å². The summed E-state index contributed by atoms with van der Waals surface area (Å²) in [6, 6.07) is 6.96. The number of fused-ring (bicyclic) bond motifs is 1. The third-order valence-electron chi connectivity index (χ3n) is 2.88. The van der Waals surface area contributed by atoms with Gasteiger partial charge in [-0.3, -0.25) is 4.79 Å². The van der Waals surface area contributed by atoms with E-state index in [0.717, 1.165) is 0 Å². The minimum absolute atomic E-state index is 0.0352. The van der Waals surface area contributed by atoms with E-state index in [4.69, 9.17) is 4.74 Å². The first-order valence-corrected chi connectivity index (χ1v) is 7.23. The average Bonchev–Trinajstić information content (AvgIpc) is 2.72. The number of alkyl halides is 3. The number of hydrogen-bond donors (Lipinski definition) is 1. The molecule has 0 bridgehead atoms. The minimum Gasteiger partial charge on any atom is -0.466 e. The van der Waals surface area contributed by atoms with Crippen LogP contribution in [0.1, 0.15) is 18.9 Å². The van der Waals surface area contributed by atoms with Crippen molar-refractivity contribution in [2.45, 2.75) is 30.3 Å². The summed E-state index contributed by atoms with van der Waals surface area (Å²) in [5.41, 5.74) is -3.25. The summed E-state index contributed by atoms with van der Waals surface area (Å²) in [4.78, 5) is 14.2. The molecule has 0 spiro atoms. The number of ether oxygens (including phenoxy) is 1. The normalized spacial score (nSPS) is 11.8. The van der Waals surface area contributed by atoms with Crippen LogP contribution < -0.4 is 0 Å². The highest BCUT2D eigenvalue weighted by Crippen LogP contribution is 2.40. The van der Waals surface area contributed by atoms with Gasteiger partial charge in [-0.05, 0) is 25.0 Å². The van der Waals surface area contributed by atoms with Crippen LogP contribution >= 0.6 is 11.8 Å². The minimum atomic E-state index is -4.38. The number of thioether (sulfide) groups is 1. The third kappa shape index (κ3) is 4.17. The Balaban J connectivity index is 2.29. The van der Waals surface area contributed by atoms with Crippen LogP contribution in [0.3, 0.4) is 0 Å². The fraction of sp³-hybridized carbons (Fsp3) is 0.357. The van der Waals surface area contributed by atoms with Gasteiger partial charge in [-0.25, -0.2) is 0 Å². The predicted octanol–water partition coefficient (Wildman–Crippen LogP) is 4.28. The number of aromatic nitrogens is 1. The SMILES string of the molecule is CCOC(=O)CCc1c(SC(F)(F)F)[nH]c2ccccc12. The Morgan fingerprint density at radius 1 is 1.33 bits per heavy atom. The molecular weight excluding hydrogens is 303 g/mol. The molecule has 0 atom stereocenters. The molecule has 1 aromatic carbocycles. The predicted molar refractivity (Wildman–Crippen MR) is 75.2 cm³/mol. The highest BCUT2D eigenvalue weighted by molar-refractivity contribution is 8.00. The number of nitrogens with one attached hydrogen (secondary N) is 1. The van der Waals surface area contributed by atoms with E-state index in [1.165, 1.54) is 0 Å². The quantitative estimate of drug-likeness (QED) is 0.661. The lowest BCUT2D eigenvalue weighted by Gasteiger charge is -2.07.